The smallest absolute Gasteiger partial charge is 0.165 e. The third-order valence-corrected chi connectivity index (χ3v) is 2.92. The van der Waals surface area contributed by atoms with Crippen LogP contribution in [0, 0.1) is 5.41 Å². The van der Waals surface area contributed by atoms with Crippen LogP contribution in [-0.4, -0.2) is 25.5 Å². The fourth-order valence-electron chi connectivity index (χ4n) is 1.51. The van der Waals surface area contributed by atoms with Gasteiger partial charge in [0.15, 0.2) is 5.78 Å². The van der Waals surface area contributed by atoms with Crippen molar-refractivity contribution < 1.29 is 9.53 Å². The first-order valence-electron chi connectivity index (χ1n) is 5.48. The summed E-state index contributed by atoms with van der Waals surface area (Å²) >= 11 is 0. The van der Waals surface area contributed by atoms with E-state index in [4.69, 9.17) is 10.5 Å². The van der Waals surface area contributed by atoms with E-state index < -0.39 is 0 Å². The second-order valence-electron chi connectivity index (χ2n) is 3.67. The number of nitrogens with two attached hydrogens (primary N) is 1. The van der Waals surface area contributed by atoms with E-state index in [1.807, 2.05) is 20.8 Å². The minimum Gasteiger partial charge on any atom is -0.374 e. The predicted octanol–water partition coefficient (Wildman–Crippen LogP) is 1.75. The van der Waals surface area contributed by atoms with Gasteiger partial charge in [-0.3, -0.25) is 4.79 Å². The van der Waals surface area contributed by atoms with E-state index in [9.17, 15) is 4.79 Å². The highest BCUT2D eigenvalue weighted by molar-refractivity contribution is 5.86. The SMILES string of the molecule is CCCOCC(=O)C(CC)(CC)CN. The lowest BCUT2D eigenvalue weighted by atomic mass is 9.78. The molecule has 14 heavy (non-hydrogen) atoms. The van der Waals surface area contributed by atoms with E-state index >= 15 is 0 Å². The van der Waals surface area contributed by atoms with Gasteiger partial charge >= 0.3 is 0 Å². The molecule has 0 rings (SSSR count). The summed E-state index contributed by atoms with van der Waals surface area (Å²) in [7, 11) is 0. The van der Waals surface area contributed by atoms with Crippen LogP contribution >= 0.6 is 0 Å². The van der Waals surface area contributed by atoms with E-state index in [1.165, 1.54) is 0 Å². The van der Waals surface area contributed by atoms with Crippen molar-refractivity contribution in [3.05, 3.63) is 0 Å². The van der Waals surface area contributed by atoms with Gasteiger partial charge < -0.3 is 10.5 Å². The van der Waals surface area contributed by atoms with Gasteiger partial charge in [0.2, 0.25) is 0 Å². The van der Waals surface area contributed by atoms with Crippen LogP contribution in [0.25, 0.3) is 0 Å². The van der Waals surface area contributed by atoms with Gasteiger partial charge in [0.05, 0.1) is 0 Å². The molecular weight excluding hydrogens is 178 g/mol. The first-order chi connectivity index (χ1) is 6.66. The number of ketones is 1. The number of Topliss-reactive ketones (excluding diaryl/α,β-unsaturated/α-hetero) is 1. The highest BCUT2D eigenvalue weighted by Gasteiger charge is 2.32. The maximum Gasteiger partial charge on any atom is 0.165 e. The first kappa shape index (κ1) is 13.6. The van der Waals surface area contributed by atoms with Gasteiger partial charge in [0.1, 0.15) is 6.61 Å². The summed E-state index contributed by atoms with van der Waals surface area (Å²) < 4.78 is 5.25. The predicted molar refractivity (Wildman–Crippen MR) is 58.2 cm³/mol. The van der Waals surface area contributed by atoms with Crippen molar-refractivity contribution in [2.45, 2.75) is 40.0 Å². The number of carbonyl (C=O) groups is 1. The van der Waals surface area contributed by atoms with E-state index in [-0.39, 0.29) is 17.8 Å². The standard InChI is InChI=1S/C11H23NO2/c1-4-7-14-8-10(13)11(5-2,6-3)9-12/h4-9,12H2,1-3H3. The monoisotopic (exact) mass is 201 g/mol. The molecule has 3 nitrogen and oxygen atoms in total. The van der Waals surface area contributed by atoms with Crippen LogP contribution in [0.3, 0.4) is 0 Å². The van der Waals surface area contributed by atoms with Gasteiger partial charge in [-0.05, 0) is 19.3 Å². The molecule has 0 aliphatic rings. The Kier molecular flexibility index (Phi) is 6.75. The molecule has 0 saturated heterocycles. The van der Waals surface area contributed by atoms with Crippen LogP contribution in [-0.2, 0) is 9.53 Å². The van der Waals surface area contributed by atoms with Crippen LogP contribution in [0.4, 0.5) is 0 Å². The fraction of sp³-hybridized carbons (Fsp3) is 0.909. The largest absolute Gasteiger partial charge is 0.374 e. The summed E-state index contributed by atoms with van der Waals surface area (Å²) in [6, 6.07) is 0. The van der Waals surface area contributed by atoms with Crippen molar-refractivity contribution in [1.82, 2.24) is 0 Å². The molecule has 84 valence electrons. The van der Waals surface area contributed by atoms with Crippen LogP contribution in [0.2, 0.25) is 0 Å². The Morgan fingerprint density at radius 3 is 2.21 bits per heavy atom. The Hall–Kier alpha value is -0.410. The van der Waals surface area contributed by atoms with E-state index in [1.54, 1.807) is 0 Å². The number of carbonyl (C=O) groups excluding carboxylic acids is 1. The number of ether oxygens (including phenoxy) is 1. The van der Waals surface area contributed by atoms with Crippen molar-refractivity contribution in [2.75, 3.05) is 19.8 Å². The molecule has 0 fully saturated rings. The lowest BCUT2D eigenvalue weighted by molar-refractivity contribution is -0.133. The van der Waals surface area contributed by atoms with Gasteiger partial charge in [-0.25, -0.2) is 0 Å². The van der Waals surface area contributed by atoms with Gasteiger partial charge in [0, 0.05) is 18.6 Å². The third kappa shape index (κ3) is 3.39. The first-order valence-corrected chi connectivity index (χ1v) is 5.48. The maximum absolute atomic E-state index is 11.8. The Labute approximate surface area is 87.0 Å². The summed E-state index contributed by atoms with van der Waals surface area (Å²) in [5.41, 5.74) is 5.30. The van der Waals surface area contributed by atoms with Gasteiger partial charge in [-0.15, -0.1) is 0 Å². The van der Waals surface area contributed by atoms with Crippen molar-refractivity contribution >= 4 is 5.78 Å². The van der Waals surface area contributed by atoms with Gasteiger partial charge in [0.25, 0.3) is 0 Å². The Balaban J connectivity index is 4.15. The molecule has 3 heteroatoms. The zero-order chi connectivity index (χ0) is 11.0. The lowest BCUT2D eigenvalue weighted by Gasteiger charge is -2.28. The third-order valence-electron chi connectivity index (χ3n) is 2.92. The molecule has 0 bridgehead atoms. The van der Waals surface area contributed by atoms with Crippen molar-refractivity contribution in [2.24, 2.45) is 11.1 Å². The van der Waals surface area contributed by atoms with E-state index in [0.29, 0.717) is 13.2 Å². The summed E-state index contributed by atoms with van der Waals surface area (Å²) in [4.78, 5) is 11.8. The zero-order valence-corrected chi connectivity index (χ0v) is 9.64. The van der Waals surface area contributed by atoms with E-state index in [2.05, 4.69) is 0 Å². The molecule has 0 aromatic rings. The minimum atomic E-state index is -0.353. The molecule has 0 atom stereocenters. The van der Waals surface area contributed by atoms with Crippen LogP contribution in [0.5, 0.6) is 0 Å². The normalized spacial score (nSPS) is 11.7. The van der Waals surface area contributed by atoms with Gasteiger partial charge in [-0.1, -0.05) is 20.8 Å². The minimum absolute atomic E-state index is 0.151. The highest BCUT2D eigenvalue weighted by Crippen LogP contribution is 2.26. The van der Waals surface area contributed by atoms with Crippen molar-refractivity contribution in [3.8, 4) is 0 Å². The summed E-state index contributed by atoms with van der Waals surface area (Å²) in [6.07, 6.45) is 2.55. The average Bonchev–Trinajstić information content (AvgIpc) is 2.22. The molecule has 0 heterocycles. The summed E-state index contributed by atoms with van der Waals surface area (Å²) in [5, 5.41) is 0. The second kappa shape index (κ2) is 6.96. The Morgan fingerprint density at radius 2 is 1.86 bits per heavy atom. The highest BCUT2D eigenvalue weighted by atomic mass is 16.5. The Bertz CT molecular complexity index is 156. The molecule has 0 spiro atoms. The van der Waals surface area contributed by atoms with E-state index in [0.717, 1.165) is 19.3 Å². The second-order valence-corrected chi connectivity index (χ2v) is 3.67. The molecule has 2 N–H and O–H groups in total. The molecule has 0 aromatic heterocycles. The molecule has 0 aliphatic carbocycles. The molecule has 0 saturated carbocycles. The molecule has 0 aromatic carbocycles. The van der Waals surface area contributed by atoms with Crippen LogP contribution in [0.1, 0.15) is 40.0 Å². The van der Waals surface area contributed by atoms with Crippen molar-refractivity contribution in [3.63, 3.8) is 0 Å². The van der Waals surface area contributed by atoms with Crippen LogP contribution in [0.15, 0.2) is 0 Å². The topological polar surface area (TPSA) is 52.3 Å². The molecule has 0 radical (unpaired) electrons. The summed E-state index contributed by atoms with van der Waals surface area (Å²) in [6.45, 7) is 7.34. The maximum atomic E-state index is 11.8. The number of hydrogen-bond acceptors (Lipinski definition) is 3. The number of hydrogen-bond donors (Lipinski definition) is 1. The van der Waals surface area contributed by atoms with Crippen molar-refractivity contribution in [1.29, 1.82) is 0 Å². The Morgan fingerprint density at radius 1 is 1.29 bits per heavy atom. The average molecular weight is 201 g/mol. The molecule has 0 unspecified atom stereocenters. The zero-order valence-electron chi connectivity index (χ0n) is 9.64. The number of rotatable bonds is 8. The lowest BCUT2D eigenvalue weighted by Crippen LogP contribution is -2.39. The summed E-state index contributed by atoms with van der Waals surface area (Å²) in [5.74, 6) is 0.151. The molecule has 0 amide bonds. The fourth-order valence-corrected chi connectivity index (χ4v) is 1.51. The quantitative estimate of drug-likeness (QED) is 0.609. The van der Waals surface area contributed by atoms with Gasteiger partial charge in [-0.2, -0.15) is 0 Å². The molecular formula is C11H23NO2. The molecule has 0 aliphatic heterocycles. The van der Waals surface area contributed by atoms with Crippen LogP contribution < -0.4 is 5.73 Å².